The molecule has 0 aliphatic carbocycles. The highest BCUT2D eigenvalue weighted by atomic mass is 32.2. The minimum absolute atomic E-state index is 0.317. The third-order valence-electron chi connectivity index (χ3n) is 4.02. The van der Waals surface area contributed by atoms with Crippen molar-refractivity contribution in [3.63, 3.8) is 0 Å². The van der Waals surface area contributed by atoms with Gasteiger partial charge in [0.05, 0.1) is 15.2 Å². The summed E-state index contributed by atoms with van der Waals surface area (Å²) in [7, 11) is 0. The molecule has 1 saturated heterocycles. The normalized spacial score (nSPS) is 24.0. The summed E-state index contributed by atoms with van der Waals surface area (Å²) < 4.78 is 23.2. The first kappa shape index (κ1) is 21.4. The summed E-state index contributed by atoms with van der Waals surface area (Å²) >= 11 is 2.90. The molecule has 3 rings (SSSR count). The predicted octanol–water partition coefficient (Wildman–Crippen LogP) is 2.85. The smallest absolute Gasteiger partial charge is 0.303 e. The lowest BCUT2D eigenvalue weighted by atomic mass is 10.1. The molecule has 8 nitrogen and oxygen atoms in total. The third-order valence-corrected chi connectivity index (χ3v) is 6.19. The average molecular weight is 440 g/mol. The second-order valence-corrected chi connectivity index (χ2v) is 8.84. The standard InChI is InChI=1S/C19H21NO7S2/c1-9-20-14-7-13(5-6-16(14)29-9)27-19-18(26-12(4)23)17(25-11(3)22)15(8-28-19)24-10(2)21/h5-7,15,17-19H,8H2,1-4H3/t15-,17+,18-,19-/m1/s1. The number of ether oxygens (including phenoxy) is 4. The van der Waals surface area contributed by atoms with Crippen LogP contribution >= 0.6 is 23.1 Å². The summed E-state index contributed by atoms with van der Waals surface area (Å²) in [6.45, 7) is 5.69. The highest BCUT2D eigenvalue weighted by Crippen LogP contribution is 2.35. The number of nitrogens with zero attached hydrogens (tertiary/aromatic N) is 1. The second kappa shape index (κ2) is 9.00. The first-order valence-corrected chi connectivity index (χ1v) is 10.8. The number of aryl methyl sites for hydroxylation is 1. The van der Waals surface area contributed by atoms with E-state index in [2.05, 4.69) is 4.98 Å². The van der Waals surface area contributed by atoms with Crippen LogP contribution in [0.3, 0.4) is 0 Å². The van der Waals surface area contributed by atoms with E-state index in [1.807, 2.05) is 25.1 Å². The van der Waals surface area contributed by atoms with Crippen LogP contribution < -0.4 is 4.74 Å². The maximum Gasteiger partial charge on any atom is 0.303 e. The summed E-state index contributed by atoms with van der Waals surface area (Å²) in [6, 6.07) is 5.53. The van der Waals surface area contributed by atoms with Crippen molar-refractivity contribution in [2.75, 3.05) is 5.75 Å². The van der Waals surface area contributed by atoms with Crippen molar-refractivity contribution in [1.29, 1.82) is 0 Å². The Morgan fingerprint density at radius 3 is 2.31 bits per heavy atom. The fraction of sp³-hybridized carbons (Fsp3) is 0.474. The Morgan fingerprint density at radius 1 is 1.00 bits per heavy atom. The van der Waals surface area contributed by atoms with Crippen LogP contribution in [-0.2, 0) is 28.6 Å². The Hall–Kier alpha value is -2.33. The summed E-state index contributed by atoms with van der Waals surface area (Å²) in [5.41, 5.74) is 0.149. The molecule has 2 aromatic rings. The topological polar surface area (TPSA) is 101 Å². The van der Waals surface area contributed by atoms with Gasteiger partial charge in [0.2, 0.25) is 0 Å². The zero-order valence-corrected chi connectivity index (χ0v) is 18.0. The molecular formula is C19H21NO7S2. The van der Waals surface area contributed by atoms with Gasteiger partial charge in [-0.2, -0.15) is 0 Å². The number of carbonyl (C=O) groups excluding carboxylic acids is 3. The monoisotopic (exact) mass is 439 g/mol. The van der Waals surface area contributed by atoms with Gasteiger partial charge in [-0.1, -0.05) is 0 Å². The lowest BCUT2D eigenvalue weighted by Gasteiger charge is -2.39. The molecule has 0 amide bonds. The van der Waals surface area contributed by atoms with Crippen LogP contribution in [0, 0.1) is 6.92 Å². The van der Waals surface area contributed by atoms with Gasteiger partial charge in [-0.3, -0.25) is 14.4 Å². The Morgan fingerprint density at radius 2 is 1.66 bits per heavy atom. The van der Waals surface area contributed by atoms with Gasteiger partial charge < -0.3 is 18.9 Å². The van der Waals surface area contributed by atoms with Crippen LogP contribution in [-0.4, -0.2) is 52.4 Å². The van der Waals surface area contributed by atoms with Gasteiger partial charge in [-0.25, -0.2) is 4.98 Å². The molecule has 0 unspecified atom stereocenters. The third kappa shape index (κ3) is 5.39. The molecule has 1 aromatic carbocycles. The number of carbonyl (C=O) groups is 3. The van der Waals surface area contributed by atoms with Crippen LogP contribution in [0.4, 0.5) is 0 Å². The van der Waals surface area contributed by atoms with E-state index in [-0.39, 0.29) is 0 Å². The predicted molar refractivity (Wildman–Crippen MR) is 108 cm³/mol. The number of hydrogen-bond donors (Lipinski definition) is 0. The van der Waals surface area contributed by atoms with Crippen molar-refractivity contribution < 1.29 is 33.3 Å². The molecule has 0 N–H and O–H groups in total. The maximum absolute atomic E-state index is 11.7. The van der Waals surface area contributed by atoms with Crippen molar-refractivity contribution in [1.82, 2.24) is 4.98 Å². The molecule has 0 spiro atoms. The van der Waals surface area contributed by atoms with Gasteiger partial charge in [-0.05, 0) is 19.1 Å². The summed E-state index contributed by atoms with van der Waals surface area (Å²) in [5.74, 6) is -0.786. The quantitative estimate of drug-likeness (QED) is 0.514. The van der Waals surface area contributed by atoms with Crippen LogP contribution in [0.2, 0.25) is 0 Å². The molecular weight excluding hydrogens is 418 g/mol. The van der Waals surface area contributed by atoms with Gasteiger partial charge >= 0.3 is 17.9 Å². The molecule has 1 aliphatic heterocycles. The van der Waals surface area contributed by atoms with Crippen LogP contribution in [0.25, 0.3) is 10.2 Å². The Labute approximate surface area is 175 Å². The van der Waals surface area contributed by atoms with E-state index in [1.54, 1.807) is 11.3 Å². The van der Waals surface area contributed by atoms with Crippen molar-refractivity contribution in [3.05, 3.63) is 23.2 Å². The Balaban J connectivity index is 1.87. The second-order valence-electron chi connectivity index (χ2n) is 6.48. The Kier molecular flexibility index (Phi) is 6.63. The molecule has 0 radical (unpaired) electrons. The molecule has 4 atom stereocenters. The van der Waals surface area contributed by atoms with Gasteiger partial charge in [0.25, 0.3) is 0 Å². The molecule has 1 fully saturated rings. The fourth-order valence-electron chi connectivity index (χ4n) is 3.04. The molecule has 1 aliphatic rings. The average Bonchev–Trinajstić information content (AvgIpc) is 2.98. The number of esters is 3. The number of benzene rings is 1. The Bertz CT molecular complexity index is 928. The minimum atomic E-state index is -0.975. The van der Waals surface area contributed by atoms with Gasteiger partial charge in [0.1, 0.15) is 5.75 Å². The van der Waals surface area contributed by atoms with Gasteiger partial charge in [0, 0.05) is 32.6 Å². The molecule has 10 heteroatoms. The first-order chi connectivity index (χ1) is 13.7. The number of aromatic nitrogens is 1. The van der Waals surface area contributed by atoms with Crippen LogP contribution in [0.1, 0.15) is 25.8 Å². The number of thiazole rings is 1. The molecule has 0 bridgehead atoms. The SMILES string of the molecule is CC(=O)O[C@@H]1[C@@H](OC(C)=O)[C@H](OC(C)=O)CS[C@H]1Oc1ccc2sc(C)nc2c1. The highest BCUT2D eigenvalue weighted by molar-refractivity contribution is 7.99. The lowest BCUT2D eigenvalue weighted by Crippen LogP contribution is -2.55. The van der Waals surface area contributed by atoms with E-state index in [4.69, 9.17) is 18.9 Å². The lowest BCUT2D eigenvalue weighted by molar-refractivity contribution is -0.186. The van der Waals surface area contributed by atoms with Gasteiger partial charge in [0.15, 0.2) is 23.7 Å². The van der Waals surface area contributed by atoms with Crippen molar-refractivity contribution in [3.8, 4) is 5.75 Å². The van der Waals surface area contributed by atoms with Crippen molar-refractivity contribution >= 4 is 51.2 Å². The molecule has 2 heterocycles. The fourth-order valence-corrected chi connectivity index (χ4v) is 5.06. The largest absolute Gasteiger partial charge is 0.476 e. The van der Waals surface area contributed by atoms with Gasteiger partial charge in [-0.15, -0.1) is 23.1 Å². The van der Waals surface area contributed by atoms with E-state index in [0.717, 1.165) is 15.2 Å². The summed E-state index contributed by atoms with van der Waals surface area (Å²) in [5, 5.41) is 0.945. The van der Waals surface area contributed by atoms with E-state index < -0.39 is 41.7 Å². The van der Waals surface area contributed by atoms with E-state index in [1.165, 1.54) is 32.5 Å². The zero-order valence-electron chi connectivity index (χ0n) is 16.4. The first-order valence-electron chi connectivity index (χ1n) is 8.90. The molecule has 0 saturated carbocycles. The molecule has 156 valence electrons. The van der Waals surface area contributed by atoms with Crippen molar-refractivity contribution in [2.45, 2.75) is 51.4 Å². The van der Waals surface area contributed by atoms with E-state index >= 15 is 0 Å². The van der Waals surface area contributed by atoms with E-state index in [9.17, 15) is 14.4 Å². The zero-order chi connectivity index (χ0) is 21.1. The van der Waals surface area contributed by atoms with Crippen molar-refractivity contribution in [2.24, 2.45) is 0 Å². The van der Waals surface area contributed by atoms with Crippen LogP contribution in [0.15, 0.2) is 18.2 Å². The highest BCUT2D eigenvalue weighted by Gasteiger charge is 2.47. The molecule has 29 heavy (non-hydrogen) atoms. The number of rotatable bonds is 5. The minimum Gasteiger partial charge on any atom is -0.476 e. The number of fused-ring (bicyclic) bond motifs is 1. The summed E-state index contributed by atoms with van der Waals surface area (Å²) in [4.78, 5) is 39.2. The molecule has 1 aromatic heterocycles. The number of hydrogen-bond acceptors (Lipinski definition) is 10. The van der Waals surface area contributed by atoms with E-state index in [0.29, 0.717) is 11.5 Å². The summed E-state index contributed by atoms with van der Waals surface area (Å²) in [6.07, 6.45) is -2.68. The maximum atomic E-state index is 11.7. The van der Waals surface area contributed by atoms with Crippen LogP contribution in [0.5, 0.6) is 5.75 Å². The number of thioether (sulfide) groups is 1.